The van der Waals surface area contributed by atoms with Crippen LogP contribution in [-0.4, -0.2) is 24.3 Å². The molecule has 0 aliphatic carbocycles. The summed E-state index contributed by atoms with van der Waals surface area (Å²) in [5.41, 5.74) is 7.71. The van der Waals surface area contributed by atoms with Crippen molar-refractivity contribution in [2.75, 3.05) is 7.05 Å². The maximum absolute atomic E-state index is 4.60. The standard InChI is InChI=1S/C16H15N4/c1-11-9-19-20(17-2)10-18-15-8-13-6-4-3-5-12(13)7-14(15)16(11)20/h3-10,17H,1-2H3/q+1. The fourth-order valence-corrected chi connectivity index (χ4v) is 2.95. The predicted molar refractivity (Wildman–Crippen MR) is 82.5 cm³/mol. The SMILES string of the molecule is CN[N+]12C=Nc3cc4ccccc4cc3C1=C(C)C=N2. The summed E-state index contributed by atoms with van der Waals surface area (Å²) in [7, 11) is 1.90. The van der Waals surface area contributed by atoms with Gasteiger partial charge in [-0.2, -0.15) is 4.99 Å². The van der Waals surface area contributed by atoms with Gasteiger partial charge in [-0.25, -0.2) is 0 Å². The molecular weight excluding hydrogens is 248 g/mol. The smallest absolute Gasteiger partial charge is 0.199 e. The van der Waals surface area contributed by atoms with E-state index in [0.29, 0.717) is 0 Å². The van der Waals surface area contributed by atoms with Crippen molar-refractivity contribution >= 4 is 34.7 Å². The van der Waals surface area contributed by atoms with Gasteiger partial charge in [-0.05, 0) is 34.5 Å². The lowest BCUT2D eigenvalue weighted by Gasteiger charge is -2.28. The van der Waals surface area contributed by atoms with Crippen LogP contribution in [0.25, 0.3) is 16.5 Å². The molecule has 4 rings (SSSR count). The molecule has 0 saturated carbocycles. The Morgan fingerprint density at radius 3 is 2.60 bits per heavy atom. The van der Waals surface area contributed by atoms with E-state index in [4.69, 9.17) is 0 Å². The molecule has 0 radical (unpaired) electrons. The van der Waals surface area contributed by atoms with Gasteiger partial charge in [0.1, 0.15) is 0 Å². The van der Waals surface area contributed by atoms with Crippen molar-refractivity contribution < 1.29 is 4.70 Å². The first-order valence-corrected chi connectivity index (χ1v) is 6.67. The highest BCUT2D eigenvalue weighted by atomic mass is 15.8. The van der Waals surface area contributed by atoms with Gasteiger partial charge in [0, 0.05) is 12.6 Å². The number of allylic oxidation sites excluding steroid dienone is 1. The summed E-state index contributed by atoms with van der Waals surface area (Å²) in [6.07, 6.45) is 3.75. The summed E-state index contributed by atoms with van der Waals surface area (Å²) < 4.78 is 0.247. The van der Waals surface area contributed by atoms with Gasteiger partial charge in [0.2, 0.25) is 6.34 Å². The molecule has 0 saturated heterocycles. The van der Waals surface area contributed by atoms with Crippen molar-refractivity contribution in [2.24, 2.45) is 10.1 Å². The fraction of sp³-hybridized carbons (Fsp3) is 0.125. The Labute approximate surface area is 117 Å². The lowest BCUT2D eigenvalue weighted by Crippen LogP contribution is -2.49. The highest BCUT2D eigenvalue weighted by Gasteiger charge is 2.42. The van der Waals surface area contributed by atoms with Crippen LogP contribution < -0.4 is 5.43 Å². The molecule has 0 spiro atoms. The van der Waals surface area contributed by atoms with Crippen molar-refractivity contribution in [2.45, 2.75) is 6.92 Å². The quantitative estimate of drug-likeness (QED) is 0.788. The van der Waals surface area contributed by atoms with Crippen molar-refractivity contribution in [1.29, 1.82) is 0 Å². The molecule has 1 unspecified atom stereocenters. The Kier molecular flexibility index (Phi) is 2.22. The minimum absolute atomic E-state index is 0.247. The first-order chi connectivity index (χ1) is 9.73. The number of nitrogens with zero attached hydrogens (tertiary/aromatic N) is 3. The van der Waals surface area contributed by atoms with E-state index in [1.807, 2.05) is 19.6 Å². The van der Waals surface area contributed by atoms with Gasteiger partial charge in [-0.15, -0.1) is 5.43 Å². The minimum atomic E-state index is 0.247. The summed E-state index contributed by atoms with van der Waals surface area (Å²) in [6.45, 7) is 2.09. The summed E-state index contributed by atoms with van der Waals surface area (Å²) in [5.74, 6) is 0. The number of nitrogens with one attached hydrogen (secondary N) is 1. The minimum Gasteiger partial charge on any atom is -0.199 e. The lowest BCUT2D eigenvalue weighted by atomic mass is 9.99. The molecule has 2 aliphatic rings. The molecule has 0 amide bonds. The van der Waals surface area contributed by atoms with E-state index in [9.17, 15) is 0 Å². The number of fused-ring (bicyclic) bond motifs is 4. The van der Waals surface area contributed by atoms with E-state index in [1.165, 1.54) is 16.3 Å². The maximum atomic E-state index is 4.60. The molecule has 2 aliphatic heterocycles. The molecule has 1 N–H and O–H groups in total. The van der Waals surface area contributed by atoms with Gasteiger partial charge in [0.25, 0.3) is 0 Å². The normalized spacial score (nSPS) is 23.3. The van der Waals surface area contributed by atoms with Crippen LogP contribution in [-0.2, 0) is 0 Å². The van der Waals surface area contributed by atoms with Gasteiger partial charge >= 0.3 is 0 Å². The van der Waals surface area contributed by atoms with Crippen LogP contribution in [0.4, 0.5) is 5.69 Å². The van der Waals surface area contributed by atoms with Crippen LogP contribution in [0.3, 0.4) is 0 Å². The van der Waals surface area contributed by atoms with Gasteiger partial charge < -0.3 is 0 Å². The van der Waals surface area contributed by atoms with Gasteiger partial charge in [0.05, 0.1) is 17.5 Å². The van der Waals surface area contributed by atoms with Crippen molar-refractivity contribution in [1.82, 2.24) is 5.43 Å². The fourth-order valence-electron chi connectivity index (χ4n) is 2.95. The third-order valence-corrected chi connectivity index (χ3v) is 3.97. The van der Waals surface area contributed by atoms with Crippen LogP contribution in [0.1, 0.15) is 12.5 Å². The maximum Gasteiger partial charge on any atom is 0.242 e. The molecule has 0 bridgehead atoms. The molecule has 2 aromatic rings. The van der Waals surface area contributed by atoms with E-state index in [-0.39, 0.29) is 4.70 Å². The van der Waals surface area contributed by atoms with E-state index in [0.717, 1.165) is 16.9 Å². The average Bonchev–Trinajstić information content (AvgIpc) is 2.83. The summed E-state index contributed by atoms with van der Waals surface area (Å²) in [6, 6.07) is 12.7. The lowest BCUT2D eigenvalue weighted by molar-refractivity contribution is -0.812. The molecule has 1 atom stereocenters. The monoisotopic (exact) mass is 263 g/mol. The molecule has 98 valence electrons. The van der Waals surface area contributed by atoms with Crippen LogP contribution in [0.5, 0.6) is 0 Å². The Hall–Kier alpha value is -2.30. The van der Waals surface area contributed by atoms with Crippen molar-refractivity contribution in [3.8, 4) is 0 Å². The number of benzene rings is 2. The zero-order valence-corrected chi connectivity index (χ0v) is 11.5. The second-order valence-corrected chi connectivity index (χ2v) is 5.15. The molecule has 4 nitrogen and oxygen atoms in total. The van der Waals surface area contributed by atoms with Crippen LogP contribution in [0.2, 0.25) is 0 Å². The first-order valence-electron chi connectivity index (χ1n) is 6.67. The van der Waals surface area contributed by atoms with Crippen LogP contribution >= 0.6 is 0 Å². The van der Waals surface area contributed by atoms with E-state index in [1.54, 1.807) is 0 Å². The Morgan fingerprint density at radius 2 is 1.85 bits per heavy atom. The number of quaternary nitrogens is 1. The van der Waals surface area contributed by atoms with Crippen LogP contribution in [0.15, 0.2) is 52.1 Å². The highest BCUT2D eigenvalue weighted by Crippen LogP contribution is 2.41. The summed E-state index contributed by atoms with van der Waals surface area (Å²) in [4.78, 5) is 4.60. The van der Waals surface area contributed by atoms with E-state index < -0.39 is 0 Å². The molecule has 2 aromatic carbocycles. The Morgan fingerprint density at radius 1 is 1.10 bits per heavy atom. The molecule has 4 heteroatoms. The molecule has 2 heterocycles. The Balaban J connectivity index is 2.06. The van der Waals surface area contributed by atoms with Crippen molar-refractivity contribution in [3.05, 3.63) is 47.5 Å². The average molecular weight is 263 g/mol. The zero-order chi connectivity index (χ0) is 13.7. The highest BCUT2D eigenvalue weighted by molar-refractivity contribution is 5.99. The summed E-state index contributed by atoms with van der Waals surface area (Å²) >= 11 is 0. The molecule has 20 heavy (non-hydrogen) atoms. The topological polar surface area (TPSA) is 36.8 Å². The molecular formula is C16H15N4+. The first kappa shape index (κ1) is 11.5. The number of hydrogen-bond donors (Lipinski definition) is 1. The van der Waals surface area contributed by atoms with Crippen LogP contribution in [0, 0.1) is 0 Å². The third-order valence-electron chi connectivity index (χ3n) is 3.97. The second-order valence-electron chi connectivity index (χ2n) is 5.15. The summed E-state index contributed by atoms with van der Waals surface area (Å²) in [5, 5.41) is 6.99. The van der Waals surface area contributed by atoms with Gasteiger partial charge in [0.15, 0.2) is 5.70 Å². The second kappa shape index (κ2) is 3.85. The van der Waals surface area contributed by atoms with Crippen molar-refractivity contribution in [3.63, 3.8) is 0 Å². The third kappa shape index (κ3) is 1.37. The Bertz CT molecular complexity index is 816. The van der Waals surface area contributed by atoms with E-state index in [2.05, 4.69) is 58.8 Å². The van der Waals surface area contributed by atoms with Gasteiger partial charge in [-0.1, -0.05) is 29.4 Å². The number of hydrogen-bond acceptors (Lipinski definition) is 3. The molecule has 0 fully saturated rings. The predicted octanol–water partition coefficient (Wildman–Crippen LogP) is 3.19. The zero-order valence-electron chi connectivity index (χ0n) is 11.5. The van der Waals surface area contributed by atoms with E-state index >= 15 is 0 Å². The van der Waals surface area contributed by atoms with Gasteiger partial charge in [-0.3, -0.25) is 0 Å². The number of aliphatic imine (C=N–C) groups is 1. The largest absolute Gasteiger partial charge is 0.242 e. The molecule has 0 aromatic heterocycles. The number of rotatable bonds is 1.